The van der Waals surface area contributed by atoms with Gasteiger partial charge in [-0.1, -0.05) is 12.1 Å². The van der Waals surface area contributed by atoms with Gasteiger partial charge in [0.1, 0.15) is 5.54 Å². The summed E-state index contributed by atoms with van der Waals surface area (Å²) in [6, 6.07) is 0. The zero-order chi connectivity index (χ0) is 14.0. The second-order valence-corrected chi connectivity index (χ2v) is 4.79. The van der Waals surface area contributed by atoms with Crippen LogP contribution in [-0.4, -0.2) is 33.6 Å². The predicted octanol–water partition coefficient (Wildman–Crippen LogP) is 0.853. The second kappa shape index (κ2) is 5.10. The molecule has 2 aromatic rings. The van der Waals surface area contributed by atoms with Crippen LogP contribution in [0.4, 0.5) is 0 Å². The van der Waals surface area contributed by atoms with Gasteiger partial charge in [0.2, 0.25) is 0 Å². The maximum absolute atomic E-state index is 6.08. The van der Waals surface area contributed by atoms with E-state index in [9.17, 15) is 0 Å². The first-order chi connectivity index (χ1) is 8.97. The molecule has 2 N–H and O–H groups in total. The Morgan fingerprint density at radius 3 is 2.89 bits per heavy atom. The monoisotopic (exact) mass is 265 g/mol. The van der Waals surface area contributed by atoms with E-state index in [1.807, 2.05) is 20.2 Å². The van der Waals surface area contributed by atoms with Crippen LogP contribution in [-0.2, 0) is 23.7 Å². The van der Waals surface area contributed by atoms with Crippen molar-refractivity contribution < 1.29 is 9.26 Å². The van der Waals surface area contributed by atoms with E-state index in [0.29, 0.717) is 18.3 Å². The fraction of sp³-hybridized carbons (Fsp3) is 0.583. The van der Waals surface area contributed by atoms with E-state index < -0.39 is 5.54 Å². The third kappa shape index (κ3) is 2.66. The van der Waals surface area contributed by atoms with Crippen LogP contribution in [0.3, 0.4) is 0 Å². The van der Waals surface area contributed by atoms with Crippen LogP contribution in [0.15, 0.2) is 10.7 Å². The first kappa shape index (κ1) is 13.7. The van der Waals surface area contributed by atoms with Crippen molar-refractivity contribution in [3.8, 4) is 11.5 Å². The molecular formula is C12H19N5O2. The lowest BCUT2D eigenvalue weighted by atomic mass is 10.1. The van der Waals surface area contributed by atoms with Gasteiger partial charge >= 0.3 is 0 Å². The zero-order valence-electron chi connectivity index (χ0n) is 11.7. The summed E-state index contributed by atoms with van der Waals surface area (Å²) in [5.41, 5.74) is 7.08. The molecule has 0 aliphatic carbocycles. The number of nitrogens with two attached hydrogens (primary N) is 1. The molecule has 104 valence electrons. The first-order valence-electron chi connectivity index (χ1n) is 6.13. The molecule has 2 rings (SSSR count). The zero-order valence-corrected chi connectivity index (χ0v) is 11.7. The highest BCUT2D eigenvalue weighted by atomic mass is 16.5. The van der Waals surface area contributed by atoms with Crippen molar-refractivity contribution in [2.45, 2.75) is 25.8 Å². The van der Waals surface area contributed by atoms with Crippen LogP contribution < -0.4 is 5.73 Å². The average Bonchev–Trinajstić information content (AvgIpc) is 2.94. The lowest BCUT2D eigenvalue weighted by Gasteiger charge is -2.18. The Labute approximate surface area is 111 Å². The fourth-order valence-corrected chi connectivity index (χ4v) is 1.90. The summed E-state index contributed by atoms with van der Waals surface area (Å²) in [5, 5.41) is 8.29. The fourth-order valence-electron chi connectivity index (χ4n) is 1.90. The largest absolute Gasteiger partial charge is 0.382 e. The van der Waals surface area contributed by atoms with Crippen LogP contribution in [0.2, 0.25) is 0 Å². The van der Waals surface area contributed by atoms with Gasteiger partial charge in [-0.3, -0.25) is 4.68 Å². The van der Waals surface area contributed by atoms with Gasteiger partial charge in [0, 0.05) is 20.4 Å². The van der Waals surface area contributed by atoms with Crippen molar-refractivity contribution in [1.29, 1.82) is 0 Å². The molecule has 0 aliphatic heterocycles. The van der Waals surface area contributed by atoms with Gasteiger partial charge in [-0.15, -0.1) is 0 Å². The number of ether oxygens (including phenoxy) is 1. The molecule has 0 amide bonds. The summed E-state index contributed by atoms with van der Waals surface area (Å²) in [4.78, 5) is 4.36. The Morgan fingerprint density at radius 2 is 2.26 bits per heavy atom. The Balaban J connectivity index is 2.35. The molecule has 0 saturated heterocycles. The van der Waals surface area contributed by atoms with Crippen LogP contribution in [0, 0.1) is 0 Å². The van der Waals surface area contributed by atoms with Crippen LogP contribution in [0.25, 0.3) is 11.5 Å². The molecule has 0 aromatic carbocycles. The Morgan fingerprint density at radius 1 is 1.53 bits per heavy atom. The first-order valence-corrected chi connectivity index (χ1v) is 6.13. The van der Waals surface area contributed by atoms with E-state index in [1.165, 1.54) is 0 Å². The van der Waals surface area contributed by atoms with Crippen LogP contribution in [0.1, 0.15) is 25.4 Å². The summed E-state index contributed by atoms with van der Waals surface area (Å²) in [5.74, 6) is 0.864. The minimum Gasteiger partial charge on any atom is -0.382 e. The minimum atomic E-state index is -0.773. The highest BCUT2D eigenvalue weighted by Gasteiger charge is 2.28. The van der Waals surface area contributed by atoms with Crippen LogP contribution in [0.5, 0.6) is 0 Å². The number of methoxy groups -OCH3 is 1. The molecule has 0 fully saturated rings. The summed E-state index contributed by atoms with van der Waals surface area (Å²) >= 11 is 0. The smallest absolute Gasteiger partial charge is 0.261 e. The molecule has 19 heavy (non-hydrogen) atoms. The van der Waals surface area contributed by atoms with E-state index in [4.69, 9.17) is 15.0 Å². The van der Waals surface area contributed by atoms with Crippen LogP contribution >= 0.6 is 0 Å². The van der Waals surface area contributed by atoms with E-state index in [-0.39, 0.29) is 0 Å². The molecule has 2 aromatic heterocycles. The van der Waals surface area contributed by atoms with E-state index in [2.05, 4.69) is 15.2 Å². The van der Waals surface area contributed by atoms with Crippen molar-refractivity contribution in [2.24, 2.45) is 12.8 Å². The van der Waals surface area contributed by atoms with Gasteiger partial charge in [-0.05, 0) is 13.3 Å². The minimum absolute atomic E-state index is 0.319. The van der Waals surface area contributed by atoms with Crippen molar-refractivity contribution in [3.63, 3.8) is 0 Å². The highest BCUT2D eigenvalue weighted by Crippen LogP contribution is 2.24. The number of aromatic nitrogens is 4. The SMILES string of the molecule is CCc1nn(C)cc1-c1nc(C(C)(N)COC)no1. The molecule has 0 bridgehead atoms. The molecule has 0 aliphatic rings. The van der Waals surface area contributed by atoms with E-state index in [1.54, 1.807) is 18.7 Å². The molecule has 0 spiro atoms. The van der Waals surface area contributed by atoms with Crippen molar-refractivity contribution in [3.05, 3.63) is 17.7 Å². The topological polar surface area (TPSA) is 92.0 Å². The maximum Gasteiger partial charge on any atom is 0.261 e. The molecule has 1 atom stereocenters. The molecule has 7 heteroatoms. The van der Waals surface area contributed by atoms with E-state index in [0.717, 1.165) is 17.7 Å². The average molecular weight is 265 g/mol. The third-order valence-electron chi connectivity index (χ3n) is 2.85. The van der Waals surface area contributed by atoms with Gasteiger partial charge in [0.15, 0.2) is 5.82 Å². The Hall–Kier alpha value is -1.73. The van der Waals surface area contributed by atoms with Gasteiger partial charge in [0.25, 0.3) is 5.89 Å². The normalized spacial score (nSPS) is 14.6. The lowest BCUT2D eigenvalue weighted by Crippen LogP contribution is -2.38. The number of hydrogen-bond acceptors (Lipinski definition) is 6. The van der Waals surface area contributed by atoms with Crippen molar-refractivity contribution in [2.75, 3.05) is 13.7 Å². The molecule has 0 saturated carbocycles. The maximum atomic E-state index is 6.08. The summed E-state index contributed by atoms with van der Waals surface area (Å²) in [7, 11) is 3.44. The van der Waals surface area contributed by atoms with Gasteiger partial charge in [0.05, 0.1) is 17.9 Å². The summed E-state index contributed by atoms with van der Waals surface area (Å²) in [6.45, 7) is 4.15. The summed E-state index contributed by atoms with van der Waals surface area (Å²) < 4.78 is 12.1. The van der Waals surface area contributed by atoms with Gasteiger partial charge in [-0.2, -0.15) is 10.1 Å². The molecule has 7 nitrogen and oxygen atoms in total. The summed E-state index contributed by atoms with van der Waals surface area (Å²) in [6.07, 6.45) is 2.66. The predicted molar refractivity (Wildman–Crippen MR) is 69.3 cm³/mol. The van der Waals surface area contributed by atoms with Gasteiger partial charge in [-0.25, -0.2) is 0 Å². The molecule has 1 unspecified atom stereocenters. The third-order valence-corrected chi connectivity index (χ3v) is 2.85. The molecular weight excluding hydrogens is 246 g/mol. The Kier molecular flexibility index (Phi) is 3.68. The standard InChI is InChI=1S/C12H19N5O2/c1-5-9-8(6-17(3)15-9)10-14-11(16-19-10)12(2,13)7-18-4/h6H,5,7,13H2,1-4H3. The van der Waals surface area contributed by atoms with E-state index >= 15 is 0 Å². The number of aryl methyl sites for hydroxylation is 2. The quantitative estimate of drug-likeness (QED) is 0.861. The van der Waals surface area contributed by atoms with Crippen molar-refractivity contribution >= 4 is 0 Å². The molecule has 0 radical (unpaired) electrons. The number of rotatable bonds is 5. The lowest BCUT2D eigenvalue weighted by molar-refractivity contribution is 0.135. The molecule has 2 heterocycles. The number of nitrogens with zero attached hydrogens (tertiary/aromatic N) is 4. The Bertz CT molecular complexity index is 558. The number of hydrogen-bond donors (Lipinski definition) is 1. The van der Waals surface area contributed by atoms with Crippen molar-refractivity contribution in [1.82, 2.24) is 19.9 Å². The van der Waals surface area contributed by atoms with Gasteiger partial charge < -0.3 is 15.0 Å². The second-order valence-electron chi connectivity index (χ2n) is 4.79. The highest BCUT2D eigenvalue weighted by molar-refractivity contribution is 5.55.